The average molecular weight is 217 g/mol. The van der Waals surface area contributed by atoms with Gasteiger partial charge in [0.05, 0.1) is 0 Å². The third kappa shape index (κ3) is 5.23. The molecule has 0 aliphatic carbocycles. The zero-order valence-electron chi connectivity index (χ0n) is 9.42. The molecule has 0 radical (unpaired) electrons. The monoisotopic (exact) mass is 217 g/mol. The van der Waals surface area contributed by atoms with Crippen LogP contribution in [0.4, 0.5) is 0 Å². The SMILES string of the molecule is CCSCCC(C)NC1CCOCC1. The van der Waals surface area contributed by atoms with Gasteiger partial charge in [-0.05, 0) is 37.7 Å². The first-order valence-electron chi connectivity index (χ1n) is 5.74. The summed E-state index contributed by atoms with van der Waals surface area (Å²) in [5, 5.41) is 3.68. The lowest BCUT2D eigenvalue weighted by molar-refractivity contribution is 0.0754. The second kappa shape index (κ2) is 7.55. The van der Waals surface area contributed by atoms with Crippen molar-refractivity contribution in [3.8, 4) is 0 Å². The molecule has 0 bridgehead atoms. The van der Waals surface area contributed by atoms with Gasteiger partial charge in [0.15, 0.2) is 0 Å². The summed E-state index contributed by atoms with van der Waals surface area (Å²) < 4.78 is 5.34. The Morgan fingerprint density at radius 3 is 2.79 bits per heavy atom. The van der Waals surface area contributed by atoms with Gasteiger partial charge in [-0.25, -0.2) is 0 Å². The molecule has 0 aromatic heterocycles. The molecule has 0 amide bonds. The summed E-state index contributed by atoms with van der Waals surface area (Å²) in [5.74, 6) is 2.53. The zero-order valence-corrected chi connectivity index (χ0v) is 10.2. The average Bonchev–Trinajstić information content (AvgIpc) is 2.20. The van der Waals surface area contributed by atoms with Crippen molar-refractivity contribution in [1.29, 1.82) is 0 Å². The molecule has 2 nitrogen and oxygen atoms in total. The summed E-state index contributed by atoms with van der Waals surface area (Å²) in [5.41, 5.74) is 0. The molecule has 1 atom stereocenters. The first kappa shape index (κ1) is 12.3. The molecule has 0 saturated carbocycles. The molecule has 1 fully saturated rings. The Kier molecular flexibility index (Phi) is 6.65. The predicted octanol–water partition coefficient (Wildman–Crippen LogP) is 2.29. The van der Waals surface area contributed by atoms with E-state index >= 15 is 0 Å². The lowest BCUT2D eigenvalue weighted by atomic mass is 10.1. The second-order valence-corrected chi connectivity index (χ2v) is 5.33. The summed E-state index contributed by atoms with van der Waals surface area (Å²) in [7, 11) is 0. The molecule has 0 spiro atoms. The van der Waals surface area contributed by atoms with Gasteiger partial charge in [0.25, 0.3) is 0 Å². The van der Waals surface area contributed by atoms with Crippen molar-refractivity contribution in [3.05, 3.63) is 0 Å². The molecule has 0 aromatic carbocycles. The second-order valence-electron chi connectivity index (χ2n) is 3.94. The number of thioether (sulfide) groups is 1. The maximum atomic E-state index is 5.34. The van der Waals surface area contributed by atoms with Crippen LogP contribution in [-0.2, 0) is 4.74 Å². The van der Waals surface area contributed by atoms with Crippen LogP contribution in [-0.4, -0.2) is 36.8 Å². The van der Waals surface area contributed by atoms with Gasteiger partial charge in [-0.15, -0.1) is 0 Å². The number of hydrogen-bond acceptors (Lipinski definition) is 3. The summed E-state index contributed by atoms with van der Waals surface area (Å²) >= 11 is 2.03. The molecular formula is C11H23NOS. The van der Waals surface area contributed by atoms with Crippen LogP contribution in [0.3, 0.4) is 0 Å². The van der Waals surface area contributed by atoms with Gasteiger partial charge in [-0.1, -0.05) is 6.92 Å². The predicted molar refractivity (Wildman–Crippen MR) is 64.1 cm³/mol. The normalized spacial score (nSPS) is 21.0. The number of rotatable bonds is 6. The number of ether oxygens (including phenoxy) is 1. The lowest BCUT2D eigenvalue weighted by Gasteiger charge is -2.26. The van der Waals surface area contributed by atoms with E-state index in [-0.39, 0.29) is 0 Å². The quantitative estimate of drug-likeness (QED) is 0.690. The molecule has 1 rings (SSSR count). The van der Waals surface area contributed by atoms with Crippen molar-refractivity contribution in [2.24, 2.45) is 0 Å². The molecule has 1 aliphatic heterocycles. The summed E-state index contributed by atoms with van der Waals surface area (Å²) in [6, 6.07) is 1.36. The molecule has 1 N–H and O–H groups in total. The van der Waals surface area contributed by atoms with Crippen LogP contribution in [0, 0.1) is 0 Å². The van der Waals surface area contributed by atoms with E-state index in [0.717, 1.165) is 13.2 Å². The highest BCUT2D eigenvalue weighted by Crippen LogP contribution is 2.09. The fourth-order valence-electron chi connectivity index (χ4n) is 1.75. The van der Waals surface area contributed by atoms with Gasteiger partial charge in [0.1, 0.15) is 0 Å². The molecule has 0 aromatic rings. The smallest absolute Gasteiger partial charge is 0.0480 e. The van der Waals surface area contributed by atoms with Crippen molar-refractivity contribution in [2.75, 3.05) is 24.7 Å². The Hall–Kier alpha value is 0.270. The maximum absolute atomic E-state index is 5.34. The molecule has 84 valence electrons. The van der Waals surface area contributed by atoms with E-state index < -0.39 is 0 Å². The summed E-state index contributed by atoms with van der Waals surface area (Å²) in [6.45, 7) is 6.40. The lowest BCUT2D eigenvalue weighted by Crippen LogP contribution is -2.40. The molecule has 1 saturated heterocycles. The van der Waals surface area contributed by atoms with Crippen molar-refractivity contribution < 1.29 is 4.74 Å². The highest BCUT2D eigenvalue weighted by molar-refractivity contribution is 7.99. The fraction of sp³-hybridized carbons (Fsp3) is 1.00. The van der Waals surface area contributed by atoms with Gasteiger partial charge < -0.3 is 10.1 Å². The minimum atomic E-state index is 0.664. The van der Waals surface area contributed by atoms with E-state index in [1.807, 2.05) is 11.8 Å². The van der Waals surface area contributed by atoms with E-state index in [1.165, 1.54) is 30.8 Å². The molecule has 1 unspecified atom stereocenters. The van der Waals surface area contributed by atoms with Gasteiger partial charge in [0.2, 0.25) is 0 Å². The third-order valence-electron chi connectivity index (χ3n) is 2.64. The third-order valence-corrected chi connectivity index (χ3v) is 3.57. The maximum Gasteiger partial charge on any atom is 0.0480 e. The molecule has 14 heavy (non-hydrogen) atoms. The summed E-state index contributed by atoms with van der Waals surface area (Å²) in [4.78, 5) is 0. The first-order valence-corrected chi connectivity index (χ1v) is 6.90. The highest BCUT2D eigenvalue weighted by Gasteiger charge is 2.15. The van der Waals surface area contributed by atoms with Crippen molar-refractivity contribution in [1.82, 2.24) is 5.32 Å². The van der Waals surface area contributed by atoms with Crippen LogP contribution in [0.15, 0.2) is 0 Å². The van der Waals surface area contributed by atoms with Crippen LogP contribution < -0.4 is 5.32 Å². The van der Waals surface area contributed by atoms with Crippen LogP contribution in [0.5, 0.6) is 0 Å². The van der Waals surface area contributed by atoms with Crippen molar-refractivity contribution in [3.63, 3.8) is 0 Å². The minimum Gasteiger partial charge on any atom is -0.381 e. The van der Waals surface area contributed by atoms with E-state index in [1.54, 1.807) is 0 Å². The Bertz CT molecular complexity index is 137. The van der Waals surface area contributed by atoms with E-state index in [4.69, 9.17) is 4.74 Å². The highest BCUT2D eigenvalue weighted by atomic mass is 32.2. The largest absolute Gasteiger partial charge is 0.381 e. The van der Waals surface area contributed by atoms with Crippen LogP contribution in [0.1, 0.15) is 33.1 Å². The number of nitrogens with one attached hydrogen (secondary N) is 1. The van der Waals surface area contributed by atoms with Crippen molar-refractivity contribution in [2.45, 2.75) is 45.2 Å². The van der Waals surface area contributed by atoms with Crippen molar-refractivity contribution >= 4 is 11.8 Å². The topological polar surface area (TPSA) is 21.3 Å². The Morgan fingerprint density at radius 2 is 2.14 bits per heavy atom. The van der Waals surface area contributed by atoms with Gasteiger partial charge in [0, 0.05) is 25.3 Å². The van der Waals surface area contributed by atoms with Gasteiger partial charge in [-0.2, -0.15) is 11.8 Å². The van der Waals surface area contributed by atoms with E-state index in [0.29, 0.717) is 12.1 Å². The zero-order chi connectivity index (χ0) is 10.2. The minimum absolute atomic E-state index is 0.664. The van der Waals surface area contributed by atoms with Crippen LogP contribution in [0.2, 0.25) is 0 Å². The molecule has 1 heterocycles. The Labute approximate surface area is 92.2 Å². The van der Waals surface area contributed by atoms with Crippen LogP contribution in [0.25, 0.3) is 0 Å². The molecule has 1 aliphatic rings. The fourth-order valence-corrected chi connectivity index (χ4v) is 2.56. The van der Waals surface area contributed by atoms with E-state index in [2.05, 4.69) is 19.2 Å². The molecule has 3 heteroatoms. The Balaban J connectivity index is 2.03. The van der Waals surface area contributed by atoms with E-state index in [9.17, 15) is 0 Å². The van der Waals surface area contributed by atoms with Gasteiger partial charge >= 0.3 is 0 Å². The summed E-state index contributed by atoms with van der Waals surface area (Å²) in [6.07, 6.45) is 3.66. The molecular weight excluding hydrogens is 194 g/mol. The standard InChI is InChI=1S/C11H23NOS/c1-3-14-9-6-10(2)12-11-4-7-13-8-5-11/h10-12H,3-9H2,1-2H3. The number of hydrogen-bond donors (Lipinski definition) is 1. The van der Waals surface area contributed by atoms with Gasteiger partial charge in [-0.3, -0.25) is 0 Å². The Morgan fingerprint density at radius 1 is 1.43 bits per heavy atom. The van der Waals surface area contributed by atoms with Crippen LogP contribution >= 0.6 is 11.8 Å². The first-order chi connectivity index (χ1) is 6.83.